The standard InChI is InChI=1S/C15H23N3O2S/c1-14(2,3)10-15(4,5)18-21(19,20)13-7-6-12(17)8-11(13)9-16/h6-8,18H,10,17H2,1-5H3. The van der Waals surface area contributed by atoms with Gasteiger partial charge >= 0.3 is 0 Å². The summed E-state index contributed by atoms with van der Waals surface area (Å²) in [6, 6.07) is 6.09. The molecular formula is C15H23N3O2S. The van der Waals surface area contributed by atoms with Crippen LogP contribution >= 0.6 is 0 Å². The van der Waals surface area contributed by atoms with Gasteiger partial charge < -0.3 is 5.73 Å². The van der Waals surface area contributed by atoms with Crippen LogP contribution in [0.1, 0.15) is 46.6 Å². The first-order valence-electron chi connectivity index (χ1n) is 6.70. The quantitative estimate of drug-likeness (QED) is 0.836. The lowest BCUT2D eigenvalue weighted by Gasteiger charge is -2.33. The molecule has 0 spiro atoms. The van der Waals surface area contributed by atoms with Crippen LogP contribution in [-0.2, 0) is 10.0 Å². The molecule has 0 aliphatic heterocycles. The molecule has 116 valence electrons. The maximum Gasteiger partial charge on any atom is 0.242 e. The van der Waals surface area contributed by atoms with Crippen molar-refractivity contribution in [3.63, 3.8) is 0 Å². The van der Waals surface area contributed by atoms with Crippen LogP contribution in [0.5, 0.6) is 0 Å². The van der Waals surface area contributed by atoms with Gasteiger partial charge in [0, 0.05) is 11.2 Å². The molecule has 1 rings (SSSR count). The van der Waals surface area contributed by atoms with Crippen LogP contribution in [0.2, 0.25) is 0 Å². The van der Waals surface area contributed by atoms with Gasteiger partial charge in [-0.15, -0.1) is 0 Å². The third kappa shape index (κ3) is 5.03. The summed E-state index contributed by atoms with van der Waals surface area (Å²) in [5.74, 6) is 0. The Morgan fingerprint density at radius 2 is 1.81 bits per heavy atom. The highest BCUT2D eigenvalue weighted by Gasteiger charge is 2.31. The smallest absolute Gasteiger partial charge is 0.242 e. The van der Waals surface area contributed by atoms with E-state index in [1.807, 2.05) is 40.7 Å². The van der Waals surface area contributed by atoms with Crippen LogP contribution in [0.4, 0.5) is 5.69 Å². The topological polar surface area (TPSA) is 96.0 Å². The molecule has 0 unspecified atom stereocenters. The summed E-state index contributed by atoms with van der Waals surface area (Å²) in [5, 5.41) is 9.09. The van der Waals surface area contributed by atoms with Crippen molar-refractivity contribution in [3.8, 4) is 6.07 Å². The lowest BCUT2D eigenvalue weighted by atomic mass is 9.82. The molecule has 5 nitrogen and oxygen atoms in total. The Hall–Kier alpha value is -1.58. The number of hydrogen-bond donors (Lipinski definition) is 2. The summed E-state index contributed by atoms with van der Waals surface area (Å²) in [5.41, 5.74) is 5.36. The van der Waals surface area contributed by atoms with E-state index < -0.39 is 15.6 Å². The summed E-state index contributed by atoms with van der Waals surface area (Å²) in [7, 11) is -3.78. The number of nitriles is 1. The lowest BCUT2D eigenvalue weighted by Crippen LogP contribution is -2.45. The van der Waals surface area contributed by atoms with Gasteiger partial charge in [0.15, 0.2) is 0 Å². The van der Waals surface area contributed by atoms with E-state index >= 15 is 0 Å². The maximum absolute atomic E-state index is 12.5. The minimum Gasteiger partial charge on any atom is -0.399 e. The van der Waals surface area contributed by atoms with Gasteiger partial charge in [-0.2, -0.15) is 5.26 Å². The molecule has 0 radical (unpaired) electrons. The first kappa shape index (κ1) is 17.5. The summed E-state index contributed by atoms with van der Waals surface area (Å²) >= 11 is 0. The molecule has 6 heteroatoms. The van der Waals surface area contributed by atoms with E-state index in [-0.39, 0.29) is 15.9 Å². The van der Waals surface area contributed by atoms with Gasteiger partial charge in [-0.1, -0.05) is 20.8 Å². The van der Waals surface area contributed by atoms with E-state index in [2.05, 4.69) is 4.72 Å². The van der Waals surface area contributed by atoms with Crippen molar-refractivity contribution >= 4 is 15.7 Å². The molecule has 3 N–H and O–H groups in total. The SMILES string of the molecule is CC(C)(C)CC(C)(C)NS(=O)(=O)c1ccc(N)cc1C#N. The van der Waals surface area contributed by atoms with Crippen LogP contribution < -0.4 is 10.5 Å². The Morgan fingerprint density at radius 1 is 1.24 bits per heavy atom. The number of nitrogens with one attached hydrogen (secondary N) is 1. The minimum atomic E-state index is -3.78. The first-order valence-corrected chi connectivity index (χ1v) is 8.18. The monoisotopic (exact) mass is 309 g/mol. The number of sulfonamides is 1. The molecule has 0 bridgehead atoms. The summed E-state index contributed by atoms with van der Waals surface area (Å²) in [6.45, 7) is 9.81. The first-order chi connectivity index (χ1) is 9.36. The predicted molar refractivity (Wildman–Crippen MR) is 84.0 cm³/mol. The van der Waals surface area contributed by atoms with E-state index in [1.54, 1.807) is 0 Å². The van der Waals surface area contributed by atoms with Gasteiger partial charge in [-0.05, 0) is 43.9 Å². The number of nitrogens with zero attached hydrogens (tertiary/aromatic N) is 1. The molecule has 0 aliphatic rings. The van der Waals surface area contributed by atoms with E-state index in [0.29, 0.717) is 12.1 Å². The van der Waals surface area contributed by atoms with Crippen LogP contribution in [0.25, 0.3) is 0 Å². The highest BCUT2D eigenvalue weighted by Crippen LogP contribution is 2.29. The van der Waals surface area contributed by atoms with Gasteiger partial charge in [0.2, 0.25) is 10.0 Å². The van der Waals surface area contributed by atoms with Crippen molar-refractivity contribution in [2.45, 2.75) is 51.5 Å². The van der Waals surface area contributed by atoms with Crippen LogP contribution in [0.3, 0.4) is 0 Å². The second kappa shape index (κ2) is 5.66. The maximum atomic E-state index is 12.5. The number of nitrogens with two attached hydrogens (primary N) is 1. The second-order valence-corrected chi connectivity index (χ2v) is 8.75. The molecule has 21 heavy (non-hydrogen) atoms. The Kier molecular flexibility index (Phi) is 4.71. The highest BCUT2D eigenvalue weighted by atomic mass is 32.2. The molecule has 0 aliphatic carbocycles. The van der Waals surface area contributed by atoms with Gasteiger partial charge in [-0.25, -0.2) is 13.1 Å². The molecule has 0 saturated heterocycles. The van der Waals surface area contributed by atoms with Crippen LogP contribution in [-0.4, -0.2) is 14.0 Å². The molecular weight excluding hydrogens is 286 g/mol. The van der Waals surface area contributed by atoms with Gasteiger partial charge in [0.1, 0.15) is 6.07 Å². The molecule has 0 amide bonds. The third-order valence-corrected chi connectivity index (χ3v) is 4.55. The van der Waals surface area contributed by atoms with Crippen molar-refractivity contribution < 1.29 is 8.42 Å². The molecule has 0 heterocycles. The molecule has 0 fully saturated rings. The minimum absolute atomic E-state index is 0.0226. The van der Waals surface area contributed by atoms with Crippen molar-refractivity contribution in [2.75, 3.05) is 5.73 Å². The number of hydrogen-bond acceptors (Lipinski definition) is 4. The zero-order valence-corrected chi connectivity index (χ0v) is 14.0. The van der Waals surface area contributed by atoms with E-state index in [0.717, 1.165) is 0 Å². The van der Waals surface area contributed by atoms with Gasteiger partial charge in [0.05, 0.1) is 10.5 Å². The Labute approximate surface area is 127 Å². The molecule has 0 atom stereocenters. The normalized spacial score (nSPS) is 13.0. The van der Waals surface area contributed by atoms with Gasteiger partial charge in [0.25, 0.3) is 0 Å². The van der Waals surface area contributed by atoms with Crippen molar-refractivity contribution in [3.05, 3.63) is 23.8 Å². The third-order valence-electron chi connectivity index (χ3n) is 2.80. The fourth-order valence-corrected chi connectivity index (χ4v) is 4.20. The van der Waals surface area contributed by atoms with Crippen LogP contribution in [0.15, 0.2) is 23.1 Å². The second-order valence-electron chi connectivity index (χ2n) is 7.09. The van der Waals surface area contributed by atoms with Crippen molar-refractivity contribution in [2.24, 2.45) is 5.41 Å². The summed E-state index contributed by atoms with van der Waals surface area (Å²) in [6.07, 6.45) is 0.663. The van der Waals surface area contributed by atoms with Gasteiger partial charge in [-0.3, -0.25) is 0 Å². The number of benzene rings is 1. The molecule has 0 saturated carbocycles. The number of anilines is 1. The van der Waals surface area contributed by atoms with E-state index in [1.165, 1.54) is 18.2 Å². The fraction of sp³-hybridized carbons (Fsp3) is 0.533. The lowest BCUT2D eigenvalue weighted by molar-refractivity contribution is 0.269. The largest absolute Gasteiger partial charge is 0.399 e. The summed E-state index contributed by atoms with van der Waals surface area (Å²) in [4.78, 5) is -0.0406. The average molecular weight is 309 g/mol. The Bertz CT molecular complexity index is 665. The predicted octanol–water partition coefficient (Wildman–Crippen LogP) is 2.63. The Morgan fingerprint density at radius 3 is 2.29 bits per heavy atom. The van der Waals surface area contributed by atoms with E-state index in [9.17, 15) is 8.42 Å². The van der Waals surface area contributed by atoms with E-state index in [4.69, 9.17) is 11.0 Å². The highest BCUT2D eigenvalue weighted by molar-refractivity contribution is 7.89. The number of nitrogen functional groups attached to an aromatic ring is 1. The summed E-state index contributed by atoms with van der Waals surface area (Å²) < 4.78 is 27.7. The molecule has 1 aromatic rings. The zero-order chi connectivity index (χ0) is 16.5. The number of rotatable bonds is 4. The fourth-order valence-electron chi connectivity index (χ4n) is 2.65. The average Bonchev–Trinajstić information content (AvgIpc) is 2.23. The molecule has 0 aromatic heterocycles. The van der Waals surface area contributed by atoms with Crippen LogP contribution in [0, 0.1) is 16.7 Å². The molecule has 1 aromatic carbocycles. The Balaban J connectivity index is 3.17. The van der Waals surface area contributed by atoms with Crippen molar-refractivity contribution in [1.82, 2.24) is 4.72 Å². The zero-order valence-electron chi connectivity index (χ0n) is 13.2. The van der Waals surface area contributed by atoms with Crippen molar-refractivity contribution in [1.29, 1.82) is 5.26 Å².